The van der Waals surface area contributed by atoms with Gasteiger partial charge in [-0.05, 0) is 24.3 Å². The predicted octanol–water partition coefficient (Wildman–Crippen LogP) is 1.61. The molecule has 0 saturated heterocycles. The van der Waals surface area contributed by atoms with Crippen molar-refractivity contribution < 1.29 is 31.1 Å². The molecule has 1 aromatic rings. The summed E-state index contributed by atoms with van der Waals surface area (Å²) in [6.07, 6.45) is -4.02. The maximum Gasteiger partial charge on any atom is 0.573 e. The lowest BCUT2D eigenvalue weighted by molar-refractivity contribution is -0.274. The maximum absolute atomic E-state index is 11.8. The van der Waals surface area contributed by atoms with Crippen LogP contribution in [-0.4, -0.2) is 20.9 Å². The van der Waals surface area contributed by atoms with Crippen LogP contribution in [0.4, 0.5) is 13.2 Å². The lowest BCUT2D eigenvalue weighted by Gasteiger charge is -2.08. The van der Waals surface area contributed by atoms with Gasteiger partial charge in [0.1, 0.15) is 5.75 Å². The third-order valence-electron chi connectivity index (χ3n) is 1.51. The van der Waals surface area contributed by atoms with Crippen LogP contribution in [0.15, 0.2) is 33.6 Å². The number of ether oxygens (including phenoxy) is 1. The third-order valence-corrected chi connectivity index (χ3v) is 2.70. The molecule has 0 heterocycles. The van der Waals surface area contributed by atoms with E-state index < -0.39 is 27.0 Å². The van der Waals surface area contributed by atoms with Crippen LogP contribution in [0.2, 0.25) is 0 Å². The SMILES string of the molecule is O=C=NS(=O)(=O)c1ccc(OC(F)(F)F)cc1. The molecule has 92 valence electrons. The second kappa shape index (κ2) is 4.56. The minimum Gasteiger partial charge on any atom is -0.406 e. The highest BCUT2D eigenvalue weighted by Crippen LogP contribution is 2.24. The zero-order valence-electron chi connectivity index (χ0n) is 7.93. The number of benzene rings is 1. The molecule has 0 aliphatic rings. The molecule has 9 heteroatoms. The molecular formula is C8H4F3NO4S. The molecule has 0 bridgehead atoms. The van der Waals surface area contributed by atoms with Crippen molar-refractivity contribution in [3.05, 3.63) is 24.3 Å². The standard InChI is InChI=1S/C8H4F3NO4S/c9-8(10,11)16-6-1-3-7(4-2-6)17(14,15)12-5-13/h1-4H. The zero-order chi connectivity index (χ0) is 13.1. The average Bonchev–Trinajstić information content (AvgIpc) is 2.15. The zero-order valence-corrected chi connectivity index (χ0v) is 8.75. The van der Waals surface area contributed by atoms with Gasteiger partial charge in [0.05, 0.1) is 4.90 Å². The van der Waals surface area contributed by atoms with E-state index in [1.165, 1.54) is 0 Å². The summed E-state index contributed by atoms with van der Waals surface area (Å²) in [5.74, 6) is -0.577. The number of isocyanates is 1. The van der Waals surface area contributed by atoms with Gasteiger partial charge in [0, 0.05) is 0 Å². The van der Waals surface area contributed by atoms with Gasteiger partial charge in [-0.25, -0.2) is 4.79 Å². The van der Waals surface area contributed by atoms with Gasteiger partial charge in [-0.2, -0.15) is 8.42 Å². The molecule has 0 unspecified atom stereocenters. The fraction of sp³-hybridized carbons (Fsp3) is 0.125. The highest BCUT2D eigenvalue weighted by Gasteiger charge is 2.31. The van der Waals surface area contributed by atoms with Crippen LogP contribution in [0, 0.1) is 0 Å². The van der Waals surface area contributed by atoms with Crippen molar-refractivity contribution in [2.75, 3.05) is 0 Å². The third kappa shape index (κ3) is 3.89. The van der Waals surface area contributed by atoms with Gasteiger partial charge in [0.25, 0.3) is 16.1 Å². The van der Waals surface area contributed by atoms with Crippen molar-refractivity contribution in [2.45, 2.75) is 11.3 Å². The Labute approximate surface area is 93.6 Å². The fourth-order valence-electron chi connectivity index (χ4n) is 0.915. The highest BCUT2D eigenvalue weighted by atomic mass is 32.2. The van der Waals surface area contributed by atoms with Crippen molar-refractivity contribution in [3.63, 3.8) is 0 Å². The smallest absolute Gasteiger partial charge is 0.406 e. The van der Waals surface area contributed by atoms with Crippen molar-refractivity contribution >= 4 is 16.1 Å². The average molecular weight is 267 g/mol. The normalized spacial score (nSPS) is 11.7. The number of nitrogens with zero attached hydrogens (tertiary/aromatic N) is 1. The Hall–Kier alpha value is -1.86. The van der Waals surface area contributed by atoms with Crippen LogP contribution in [-0.2, 0) is 14.8 Å². The second-order valence-corrected chi connectivity index (χ2v) is 4.28. The molecule has 0 radical (unpaired) electrons. The molecule has 1 aromatic carbocycles. The molecular weight excluding hydrogens is 263 g/mol. The highest BCUT2D eigenvalue weighted by molar-refractivity contribution is 7.90. The summed E-state index contributed by atoms with van der Waals surface area (Å²) in [5, 5.41) is 0. The summed E-state index contributed by atoms with van der Waals surface area (Å²) in [4.78, 5) is 9.37. The first-order valence-corrected chi connectivity index (χ1v) is 5.38. The number of alkyl halides is 3. The van der Waals surface area contributed by atoms with Gasteiger partial charge >= 0.3 is 6.36 Å². The minimum absolute atomic E-state index is 0.435. The number of halogens is 3. The molecule has 0 amide bonds. The van der Waals surface area contributed by atoms with Crippen LogP contribution >= 0.6 is 0 Å². The Bertz CT molecular complexity index is 543. The van der Waals surface area contributed by atoms with E-state index in [1.807, 2.05) is 0 Å². The number of hydrogen-bond acceptors (Lipinski definition) is 4. The van der Waals surface area contributed by atoms with Gasteiger partial charge in [-0.15, -0.1) is 13.2 Å². The number of carbonyl (C=O) groups excluding carboxylic acids is 1. The molecule has 0 fully saturated rings. The number of sulfonamides is 1. The minimum atomic E-state index is -4.86. The van der Waals surface area contributed by atoms with Gasteiger partial charge in [-0.1, -0.05) is 4.40 Å². The first-order chi connectivity index (χ1) is 7.74. The van der Waals surface area contributed by atoms with Gasteiger partial charge in [0.15, 0.2) is 0 Å². The molecule has 17 heavy (non-hydrogen) atoms. The van der Waals surface area contributed by atoms with E-state index in [9.17, 15) is 26.4 Å². The Morgan fingerprint density at radius 1 is 1.18 bits per heavy atom. The summed E-state index contributed by atoms with van der Waals surface area (Å²) in [6.45, 7) is 0. The summed E-state index contributed by atoms with van der Waals surface area (Å²) < 4.78 is 63.7. The fourth-order valence-corrected chi connectivity index (χ4v) is 1.60. The van der Waals surface area contributed by atoms with E-state index >= 15 is 0 Å². The van der Waals surface area contributed by atoms with Crippen molar-refractivity contribution in [3.8, 4) is 5.75 Å². The van der Waals surface area contributed by atoms with E-state index in [2.05, 4.69) is 9.13 Å². The molecule has 1 rings (SSSR count). The van der Waals surface area contributed by atoms with Gasteiger partial charge in [0.2, 0.25) is 0 Å². The van der Waals surface area contributed by atoms with Crippen molar-refractivity contribution in [2.24, 2.45) is 4.40 Å². The molecule has 5 nitrogen and oxygen atoms in total. The number of hydrogen-bond donors (Lipinski definition) is 0. The summed E-state index contributed by atoms with van der Waals surface area (Å²) in [7, 11) is -4.21. The Morgan fingerprint density at radius 3 is 2.12 bits per heavy atom. The predicted molar refractivity (Wildman–Crippen MR) is 48.4 cm³/mol. The summed E-state index contributed by atoms with van der Waals surface area (Å²) >= 11 is 0. The van der Waals surface area contributed by atoms with E-state index in [0.717, 1.165) is 30.3 Å². The molecule has 0 aromatic heterocycles. The van der Waals surface area contributed by atoms with Crippen molar-refractivity contribution in [1.82, 2.24) is 0 Å². The van der Waals surface area contributed by atoms with Crippen molar-refractivity contribution in [1.29, 1.82) is 0 Å². The van der Waals surface area contributed by atoms with Gasteiger partial charge in [-0.3, -0.25) is 0 Å². The van der Waals surface area contributed by atoms with Crippen LogP contribution in [0.1, 0.15) is 0 Å². The topological polar surface area (TPSA) is 72.8 Å². The number of rotatable bonds is 3. The first kappa shape index (κ1) is 13.2. The lowest BCUT2D eigenvalue weighted by Crippen LogP contribution is -2.17. The molecule has 0 N–H and O–H groups in total. The Kier molecular flexibility index (Phi) is 3.54. The molecule has 0 saturated carbocycles. The Balaban J connectivity index is 3.01. The van der Waals surface area contributed by atoms with E-state index in [4.69, 9.17) is 0 Å². The van der Waals surface area contributed by atoms with E-state index in [1.54, 1.807) is 0 Å². The van der Waals surface area contributed by atoms with Crippen LogP contribution < -0.4 is 4.74 Å². The van der Waals surface area contributed by atoms with Gasteiger partial charge < -0.3 is 4.74 Å². The lowest BCUT2D eigenvalue weighted by atomic mass is 10.3. The van der Waals surface area contributed by atoms with E-state index in [0.29, 0.717) is 0 Å². The van der Waals surface area contributed by atoms with Crippen LogP contribution in [0.5, 0.6) is 5.75 Å². The molecule has 0 aliphatic heterocycles. The van der Waals surface area contributed by atoms with Crippen LogP contribution in [0.25, 0.3) is 0 Å². The quantitative estimate of drug-likeness (QED) is 0.616. The Morgan fingerprint density at radius 2 is 1.71 bits per heavy atom. The summed E-state index contributed by atoms with van der Waals surface area (Å²) in [6, 6.07) is 3.25. The van der Waals surface area contributed by atoms with E-state index in [-0.39, 0.29) is 0 Å². The monoisotopic (exact) mass is 267 g/mol. The maximum atomic E-state index is 11.8. The molecule has 0 spiro atoms. The largest absolute Gasteiger partial charge is 0.573 e. The van der Waals surface area contributed by atoms with Crippen LogP contribution in [0.3, 0.4) is 0 Å². The molecule has 0 aliphatic carbocycles. The second-order valence-electron chi connectivity index (χ2n) is 2.68. The summed E-state index contributed by atoms with van der Waals surface area (Å²) in [5.41, 5.74) is 0. The molecule has 0 atom stereocenters. The first-order valence-electron chi connectivity index (χ1n) is 3.94.